The molecule has 2 aromatic rings. The van der Waals surface area contributed by atoms with Crippen molar-refractivity contribution in [3.63, 3.8) is 0 Å². The number of amides is 1. The third-order valence-electron chi connectivity index (χ3n) is 5.71. The molecule has 0 aromatic heterocycles. The summed E-state index contributed by atoms with van der Waals surface area (Å²) in [5.41, 5.74) is 0.785. The molecular weight excluding hydrogens is 418 g/mol. The second-order valence-electron chi connectivity index (χ2n) is 6.94. The van der Waals surface area contributed by atoms with Crippen LogP contribution in [0.4, 0.5) is 5.69 Å². The van der Waals surface area contributed by atoms with E-state index < -0.39 is 16.3 Å². The van der Waals surface area contributed by atoms with Gasteiger partial charge in [0.15, 0.2) is 10.6 Å². The number of nitrogens with zero attached hydrogens (tertiary/aromatic N) is 3. The SMILES string of the molecule is CSC1=N[C@@]2(C(=O)N(C)c3ccccc32)[C@@H]2c3cc(Cl)ccc3S[C@]12[N+](=O)[O-]. The number of halogens is 1. The second-order valence-corrected chi connectivity index (χ2v) is 9.44. The number of para-hydroxylation sites is 1. The first-order chi connectivity index (χ1) is 13.4. The number of fused-ring (bicyclic) bond motifs is 6. The van der Waals surface area contributed by atoms with E-state index in [1.165, 1.54) is 11.8 Å². The molecule has 0 saturated heterocycles. The Morgan fingerprint density at radius 1 is 1.32 bits per heavy atom. The molecule has 3 heterocycles. The predicted octanol–water partition coefficient (Wildman–Crippen LogP) is 4.15. The number of thioether (sulfide) groups is 2. The van der Waals surface area contributed by atoms with E-state index in [-0.39, 0.29) is 10.8 Å². The van der Waals surface area contributed by atoms with Crippen molar-refractivity contribution in [2.75, 3.05) is 18.2 Å². The lowest BCUT2D eigenvalue weighted by molar-refractivity contribution is -0.519. The van der Waals surface area contributed by atoms with Gasteiger partial charge >= 0.3 is 4.87 Å². The molecule has 0 N–H and O–H groups in total. The molecule has 0 saturated carbocycles. The Hall–Kier alpha value is -2.03. The molecule has 1 spiro atoms. The Kier molecular flexibility index (Phi) is 3.70. The van der Waals surface area contributed by atoms with E-state index in [1.807, 2.05) is 24.3 Å². The molecule has 0 unspecified atom stereocenters. The first-order valence-electron chi connectivity index (χ1n) is 8.53. The van der Waals surface area contributed by atoms with E-state index in [1.54, 1.807) is 36.4 Å². The van der Waals surface area contributed by atoms with Crippen molar-refractivity contribution in [3.05, 3.63) is 68.7 Å². The smallest absolute Gasteiger partial charge is 0.313 e. The third kappa shape index (κ3) is 1.88. The summed E-state index contributed by atoms with van der Waals surface area (Å²) in [6, 6.07) is 12.7. The monoisotopic (exact) mass is 431 g/mol. The zero-order valence-electron chi connectivity index (χ0n) is 14.9. The van der Waals surface area contributed by atoms with E-state index in [0.29, 0.717) is 21.2 Å². The van der Waals surface area contributed by atoms with Gasteiger partial charge < -0.3 is 4.90 Å². The lowest BCUT2D eigenvalue weighted by atomic mass is 9.74. The van der Waals surface area contributed by atoms with Crippen molar-refractivity contribution in [1.29, 1.82) is 0 Å². The summed E-state index contributed by atoms with van der Waals surface area (Å²) < 4.78 is 0. The third-order valence-corrected chi connectivity index (χ3v) is 8.35. The second kappa shape index (κ2) is 5.75. The van der Waals surface area contributed by atoms with E-state index in [4.69, 9.17) is 16.6 Å². The Balaban J connectivity index is 1.89. The number of benzene rings is 2. The van der Waals surface area contributed by atoms with Gasteiger partial charge in [-0.2, -0.15) is 0 Å². The van der Waals surface area contributed by atoms with Crippen molar-refractivity contribution in [3.8, 4) is 0 Å². The summed E-state index contributed by atoms with van der Waals surface area (Å²) in [5, 5.41) is 13.3. The standard InChI is InChI=1S/C19H14ClN3O3S2/c1-22-13-6-4-3-5-12(13)18(17(22)24)15-11-9-10(20)7-8-14(11)28-19(15,23(25)26)16(21-18)27-2/h3-9,15H,1-2H3/t15-,18+,19-/m0/s1. The highest BCUT2D eigenvalue weighted by Gasteiger charge is 2.77. The van der Waals surface area contributed by atoms with Gasteiger partial charge in [-0.25, -0.2) is 0 Å². The van der Waals surface area contributed by atoms with Crippen LogP contribution in [0.2, 0.25) is 5.02 Å². The van der Waals surface area contributed by atoms with E-state index in [2.05, 4.69) is 0 Å². The van der Waals surface area contributed by atoms with Crippen LogP contribution in [-0.4, -0.2) is 34.0 Å². The fourth-order valence-corrected chi connectivity index (χ4v) is 7.29. The van der Waals surface area contributed by atoms with Crippen molar-refractivity contribution >= 4 is 51.8 Å². The number of nitro groups is 1. The summed E-state index contributed by atoms with van der Waals surface area (Å²) >= 11 is 8.65. The van der Waals surface area contributed by atoms with Crippen LogP contribution in [0.15, 0.2) is 52.4 Å². The van der Waals surface area contributed by atoms with Crippen LogP contribution >= 0.6 is 35.1 Å². The summed E-state index contributed by atoms with van der Waals surface area (Å²) in [4.78, 5) is 31.4. The number of hydrogen-bond donors (Lipinski definition) is 0. The number of carbonyl (C=O) groups excluding carboxylic acids is 1. The van der Waals surface area contributed by atoms with E-state index in [9.17, 15) is 14.9 Å². The molecule has 0 radical (unpaired) electrons. The molecule has 3 aliphatic rings. The van der Waals surface area contributed by atoms with E-state index >= 15 is 0 Å². The van der Waals surface area contributed by atoms with Gasteiger partial charge in [0.2, 0.25) is 0 Å². The van der Waals surface area contributed by atoms with Crippen LogP contribution in [0.5, 0.6) is 0 Å². The van der Waals surface area contributed by atoms with Crippen molar-refractivity contribution < 1.29 is 9.72 Å². The maximum atomic E-state index is 13.6. The molecule has 9 heteroatoms. The summed E-state index contributed by atoms with van der Waals surface area (Å²) in [5.74, 6) is -1.02. The Morgan fingerprint density at radius 2 is 2.07 bits per heavy atom. The van der Waals surface area contributed by atoms with Crippen LogP contribution in [0.3, 0.4) is 0 Å². The quantitative estimate of drug-likeness (QED) is 0.500. The zero-order chi connectivity index (χ0) is 19.8. The van der Waals surface area contributed by atoms with Crippen molar-refractivity contribution in [1.82, 2.24) is 0 Å². The first-order valence-corrected chi connectivity index (χ1v) is 10.9. The maximum absolute atomic E-state index is 13.6. The highest BCUT2D eigenvalue weighted by atomic mass is 35.5. The minimum Gasteiger partial charge on any atom is -0.313 e. The van der Waals surface area contributed by atoms with Crippen molar-refractivity contribution in [2.45, 2.75) is 21.2 Å². The van der Waals surface area contributed by atoms with Gasteiger partial charge in [0.05, 0.1) is 0 Å². The topological polar surface area (TPSA) is 75.8 Å². The van der Waals surface area contributed by atoms with Gasteiger partial charge in [-0.1, -0.05) is 29.8 Å². The fourth-order valence-electron chi connectivity index (χ4n) is 4.62. The van der Waals surface area contributed by atoms with Gasteiger partial charge in [-0.3, -0.25) is 19.9 Å². The molecule has 3 atom stereocenters. The maximum Gasteiger partial charge on any atom is 0.328 e. The molecule has 3 aliphatic heterocycles. The largest absolute Gasteiger partial charge is 0.328 e. The van der Waals surface area contributed by atoms with Crippen LogP contribution < -0.4 is 4.90 Å². The summed E-state index contributed by atoms with van der Waals surface area (Å²) in [7, 11) is 1.69. The lowest BCUT2D eigenvalue weighted by Gasteiger charge is -2.29. The van der Waals surface area contributed by atoms with Crippen molar-refractivity contribution in [2.24, 2.45) is 4.99 Å². The minimum atomic E-state index is -1.54. The number of likely N-dealkylation sites (N-methyl/N-ethyl adjacent to an activating group) is 1. The average Bonchev–Trinajstić information content (AvgIpc) is 3.25. The first kappa shape index (κ1) is 18.0. The molecule has 1 amide bonds. The minimum absolute atomic E-state index is 0.248. The number of aliphatic imine (C=N–C) groups is 1. The molecular formula is C19H14ClN3O3S2. The van der Waals surface area contributed by atoms with E-state index in [0.717, 1.165) is 22.3 Å². The Morgan fingerprint density at radius 3 is 2.79 bits per heavy atom. The number of carbonyl (C=O) groups is 1. The number of rotatable bonds is 1. The number of anilines is 1. The molecule has 142 valence electrons. The summed E-state index contributed by atoms with van der Waals surface area (Å²) in [6.45, 7) is 0. The molecule has 28 heavy (non-hydrogen) atoms. The zero-order valence-corrected chi connectivity index (χ0v) is 17.3. The van der Waals surface area contributed by atoms with Crippen LogP contribution in [-0.2, 0) is 10.3 Å². The number of hydrogen-bond acceptors (Lipinski definition) is 6. The van der Waals surface area contributed by atoms with Gasteiger partial charge in [-0.15, -0.1) is 11.8 Å². The normalized spacial score (nSPS) is 29.7. The highest BCUT2D eigenvalue weighted by Crippen LogP contribution is 2.68. The lowest BCUT2D eigenvalue weighted by Crippen LogP contribution is -2.49. The summed E-state index contributed by atoms with van der Waals surface area (Å²) in [6.07, 6.45) is 1.77. The Bertz CT molecular complexity index is 1110. The predicted molar refractivity (Wildman–Crippen MR) is 112 cm³/mol. The fraction of sp³-hybridized carbons (Fsp3) is 0.263. The molecule has 0 fully saturated rings. The average molecular weight is 432 g/mol. The molecule has 0 aliphatic carbocycles. The highest BCUT2D eigenvalue weighted by molar-refractivity contribution is 8.16. The molecule has 0 bridgehead atoms. The van der Waals surface area contributed by atoms with Gasteiger partial charge in [0.25, 0.3) is 5.91 Å². The van der Waals surface area contributed by atoms with Crippen LogP contribution in [0.1, 0.15) is 17.0 Å². The van der Waals surface area contributed by atoms with Gasteiger partial charge in [-0.05, 0) is 47.8 Å². The van der Waals surface area contributed by atoms with Crippen LogP contribution in [0, 0.1) is 10.1 Å². The Labute approximate surface area is 174 Å². The van der Waals surface area contributed by atoms with Gasteiger partial charge in [0, 0.05) is 33.1 Å². The van der Waals surface area contributed by atoms with Gasteiger partial charge in [0.1, 0.15) is 5.92 Å². The van der Waals surface area contributed by atoms with Crippen LogP contribution in [0.25, 0.3) is 0 Å². The molecule has 2 aromatic carbocycles. The molecule has 6 nitrogen and oxygen atoms in total. The molecule has 5 rings (SSSR count).